The molecule has 1 N–H and O–H groups in total. The first-order valence-electron chi connectivity index (χ1n) is 6.60. The molecule has 0 saturated heterocycles. The Balaban J connectivity index is 2.42. The molecule has 2 unspecified atom stereocenters. The second-order valence-electron chi connectivity index (χ2n) is 5.31. The van der Waals surface area contributed by atoms with Crippen LogP contribution >= 0.6 is 0 Å². The number of sulfone groups is 1. The lowest BCUT2D eigenvalue weighted by Gasteiger charge is -2.33. The van der Waals surface area contributed by atoms with Crippen molar-refractivity contribution in [2.24, 2.45) is 0 Å². The van der Waals surface area contributed by atoms with E-state index in [1.54, 1.807) is 0 Å². The number of esters is 1. The van der Waals surface area contributed by atoms with E-state index in [4.69, 9.17) is 4.74 Å². The molecule has 21 heavy (non-hydrogen) atoms. The summed E-state index contributed by atoms with van der Waals surface area (Å²) in [6, 6.07) is 5.44. The van der Waals surface area contributed by atoms with E-state index in [9.17, 15) is 17.6 Å². The summed E-state index contributed by atoms with van der Waals surface area (Å²) >= 11 is 0. The van der Waals surface area contributed by atoms with Crippen LogP contribution in [0.3, 0.4) is 0 Å². The van der Waals surface area contributed by atoms with Gasteiger partial charge in [-0.2, -0.15) is 0 Å². The van der Waals surface area contributed by atoms with E-state index in [1.165, 1.54) is 31.4 Å². The highest BCUT2D eigenvalue weighted by atomic mass is 32.2. The van der Waals surface area contributed by atoms with Gasteiger partial charge in [0.1, 0.15) is 5.82 Å². The van der Waals surface area contributed by atoms with Crippen molar-refractivity contribution in [3.63, 3.8) is 0 Å². The fraction of sp³-hybridized carbons (Fsp3) is 0.500. The molecule has 0 amide bonds. The predicted octanol–water partition coefficient (Wildman–Crippen LogP) is 1.75. The van der Waals surface area contributed by atoms with Crippen LogP contribution in [0.25, 0.3) is 0 Å². The van der Waals surface area contributed by atoms with Crippen LogP contribution < -0.4 is 5.32 Å². The lowest BCUT2D eigenvalue weighted by atomic mass is 9.96. The highest BCUT2D eigenvalue weighted by molar-refractivity contribution is 7.91. The van der Waals surface area contributed by atoms with Crippen molar-refractivity contribution in [3.8, 4) is 0 Å². The fourth-order valence-corrected chi connectivity index (χ4v) is 4.55. The van der Waals surface area contributed by atoms with Crippen molar-refractivity contribution in [1.29, 1.82) is 0 Å². The van der Waals surface area contributed by atoms with Crippen molar-refractivity contribution in [3.05, 3.63) is 30.1 Å². The first-order chi connectivity index (χ1) is 9.79. The summed E-state index contributed by atoms with van der Waals surface area (Å²) in [6.45, 7) is 0. The number of carbonyl (C=O) groups is 1. The molecule has 1 fully saturated rings. The molecule has 116 valence electrons. The lowest BCUT2D eigenvalue weighted by Crippen LogP contribution is -2.55. The average Bonchev–Trinajstić information content (AvgIpc) is 2.85. The molecule has 0 heterocycles. The maximum absolute atomic E-state index is 13.0. The minimum atomic E-state index is -3.43. The Morgan fingerprint density at radius 2 is 2.00 bits per heavy atom. The molecule has 0 radical (unpaired) electrons. The Morgan fingerprint density at radius 1 is 1.38 bits per heavy atom. The second-order valence-corrected chi connectivity index (χ2v) is 7.53. The van der Waals surface area contributed by atoms with E-state index in [-0.39, 0.29) is 0 Å². The van der Waals surface area contributed by atoms with Gasteiger partial charge in [0.15, 0.2) is 15.4 Å². The molecule has 5 nitrogen and oxygen atoms in total. The Morgan fingerprint density at radius 3 is 2.52 bits per heavy atom. The van der Waals surface area contributed by atoms with Gasteiger partial charge >= 0.3 is 5.97 Å². The Bertz CT molecular complexity index is 629. The Hall–Kier alpha value is -1.63. The number of carbonyl (C=O) groups excluding carboxylic acids is 1. The number of ether oxygens (including phenoxy) is 1. The Kier molecular flexibility index (Phi) is 4.22. The first-order valence-corrected chi connectivity index (χ1v) is 8.56. The zero-order valence-corrected chi connectivity index (χ0v) is 12.7. The molecular weight excluding hydrogens is 297 g/mol. The summed E-state index contributed by atoms with van der Waals surface area (Å²) in [6.07, 6.45) is 2.46. The highest BCUT2D eigenvalue weighted by Gasteiger charge is 2.54. The molecule has 2 atom stereocenters. The van der Waals surface area contributed by atoms with Gasteiger partial charge in [-0.05, 0) is 43.5 Å². The molecule has 0 bridgehead atoms. The van der Waals surface area contributed by atoms with E-state index in [0.717, 1.165) is 6.26 Å². The molecule has 0 aromatic heterocycles. The van der Waals surface area contributed by atoms with Crippen LogP contribution in [0, 0.1) is 5.82 Å². The van der Waals surface area contributed by atoms with E-state index < -0.39 is 32.4 Å². The number of hydrogen-bond acceptors (Lipinski definition) is 5. The molecule has 0 spiro atoms. The van der Waals surface area contributed by atoms with Crippen molar-refractivity contribution in [2.45, 2.75) is 30.1 Å². The zero-order valence-electron chi connectivity index (χ0n) is 11.9. The maximum atomic E-state index is 13.0. The Labute approximate surface area is 123 Å². The first kappa shape index (κ1) is 15.8. The molecular formula is C14H18FNO4S. The number of halogens is 1. The molecule has 0 aliphatic heterocycles. The van der Waals surface area contributed by atoms with Crippen LogP contribution in [0.2, 0.25) is 0 Å². The third-order valence-corrected chi connectivity index (χ3v) is 5.54. The number of hydrogen-bond donors (Lipinski definition) is 1. The normalized spacial score (nSPS) is 25.6. The third-order valence-electron chi connectivity index (χ3n) is 3.87. The number of anilines is 1. The summed E-state index contributed by atoms with van der Waals surface area (Å²) in [4.78, 5) is 12.2. The van der Waals surface area contributed by atoms with Crippen LogP contribution in [0.4, 0.5) is 10.1 Å². The van der Waals surface area contributed by atoms with Crippen LogP contribution in [0.1, 0.15) is 19.3 Å². The minimum absolute atomic E-state index is 0.356. The SMILES string of the molecule is COC(=O)C1(Nc2ccc(F)cc2)CCCC1S(C)(=O)=O. The summed E-state index contributed by atoms with van der Waals surface area (Å²) in [7, 11) is -2.20. The summed E-state index contributed by atoms with van der Waals surface area (Å²) in [5.74, 6) is -1.02. The quantitative estimate of drug-likeness (QED) is 0.857. The number of benzene rings is 1. The summed E-state index contributed by atoms with van der Waals surface area (Å²) in [5.41, 5.74) is -0.836. The van der Waals surface area contributed by atoms with Crippen molar-refractivity contribution >= 4 is 21.5 Å². The van der Waals surface area contributed by atoms with Gasteiger partial charge in [-0.25, -0.2) is 17.6 Å². The van der Waals surface area contributed by atoms with Gasteiger partial charge in [0.25, 0.3) is 0 Å². The minimum Gasteiger partial charge on any atom is -0.467 e. The molecule has 1 aliphatic rings. The van der Waals surface area contributed by atoms with E-state index in [2.05, 4.69) is 5.32 Å². The van der Waals surface area contributed by atoms with Gasteiger partial charge in [-0.1, -0.05) is 0 Å². The monoisotopic (exact) mass is 315 g/mol. The molecule has 1 aromatic carbocycles. The van der Waals surface area contributed by atoms with Crippen molar-refractivity contribution in [2.75, 3.05) is 18.7 Å². The van der Waals surface area contributed by atoms with Gasteiger partial charge in [-0.3, -0.25) is 0 Å². The third kappa shape index (κ3) is 3.02. The largest absolute Gasteiger partial charge is 0.467 e. The van der Waals surface area contributed by atoms with Gasteiger partial charge in [0.2, 0.25) is 0 Å². The van der Waals surface area contributed by atoms with E-state index in [0.29, 0.717) is 24.9 Å². The maximum Gasteiger partial charge on any atom is 0.332 e. The lowest BCUT2D eigenvalue weighted by molar-refractivity contribution is -0.145. The van der Waals surface area contributed by atoms with Crippen LogP contribution in [0.5, 0.6) is 0 Å². The molecule has 1 saturated carbocycles. The van der Waals surface area contributed by atoms with Gasteiger partial charge in [-0.15, -0.1) is 0 Å². The molecule has 2 rings (SSSR count). The standard InChI is InChI=1S/C14H18FNO4S/c1-20-13(17)14(9-3-4-12(14)21(2,18)19)16-11-7-5-10(15)6-8-11/h5-8,12,16H,3-4,9H2,1-2H3. The second kappa shape index (κ2) is 5.63. The van der Waals surface area contributed by atoms with Crippen molar-refractivity contribution in [1.82, 2.24) is 0 Å². The topological polar surface area (TPSA) is 72.5 Å². The van der Waals surface area contributed by atoms with Gasteiger partial charge in [0.05, 0.1) is 12.4 Å². The fourth-order valence-electron chi connectivity index (χ4n) is 2.95. The smallest absolute Gasteiger partial charge is 0.332 e. The van der Waals surface area contributed by atoms with Crippen LogP contribution in [-0.4, -0.2) is 38.5 Å². The number of nitrogens with one attached hydrogen (secondary N) is 1. The molecule has 1 aliphatic carbocycles. The molecule has 7 heteroatoms. The van der Waals surface area contributed by atoms with Crippen LogP contribution in [0.15, 0.2) is 24.3 Å². The highest BCUT2D eigenvalue weighted by Crippen LogP contribution is 2.38. The summed E-state index contributed by atoms with van der Waals surface area (Å²) < 4.78 is 41.8. The average molecular weight is 315 g/mol. The molecule has 1 aromatic rings. The number of methoxy groups -OCH3 is 1. The van der Waals surface area contributed by atoms with Gasteiger partial charge < -0.3 is 10.1 Å². The zero-order chi connectivity index (χ0) is 15.7. The number of rotatable bonds is 4. The van der Waals surface area contributed by atoms with Crippen LogP contribution in [-0.2, 0) is 19.4 Å². The summed E-state index contributed by atoms with van der Waals surface area (Å²) in [5, 5.41) is 2.11. The predicted molar refractivity (Wildman–Crippen MR) is 77.3 cm³/mol. The van der Waals surface area contributed by atoms with Gasteiger partial charge in [0, 0.05) is 11.9 Å². The van der Waals surface area contributed by atoms with Crippen molar-refractivity contribution < 1.29 is 22.3 Å². The van der Waals surface area contributed by atoms with E-state index >= 15 is 0 Å². The van der Waals surface area contributed by atoms with E-state index in [1.807, 2.05) is 0 Å².